The Hall–Kier alpha value is -1.82. The van der Waals surface area contributed by atoms with E-state index in [2.05, 4.69) is 22.4 Å². The number of hydrogen-bond donors (Lipinski definition) is 1. The topological polar surface area (TPSA) is 51.0 Å². The summed E-state index contributed by atoms with van der Waals surface area (Å²) in [4.78, 5) is 4.19. The van der Waals surface area contributed by atoms with Crippen LogP contribution in [0.1, 0.15) is 26.2 Å². The average molecular weight is 281 g/mol. The molecular formula is C14H17F2N3O. The molecule has 4 nitrogen and oxygen atoms in total. The molecule has 1 unspecified atom stereocenters. The minimum absolute atomic E-state index is 0.216. The van der Waals surface area contributed by atoms with E-state index in [-0.39, 0.29) is 11.9 Å². The van der Waals surface area contributed by atoms with Gasteiger partial charge in [-0.15, -0.1) is 0 Å². The molecule has 0 radical (unpaired) electrons. The molecule has 1 atom stereocenters. The Kier molecular flexibility index (Phi) is 4.79. The van der Waals surface area contributed by atoms with E-state index >= 15 is 0 Å². The molecule has 20 heavy (non-hydrogen) atoms. The Balaban J connectivity index is 2.06. The predicted molar refractivity (Wildman–Crippen MR) is 71.1 cm³/mol. The summed E-state index contributed by atoms with van der Waals surface area (Å²) in [6, 6.07) is 3.74. The highest BCUT2D eigenvalue weighted by molar-refractivity contribution is 5.54. The zero-order chi connectivity index (χ0) is 14.5. The molecule has 0 aliphatic carbocycles. The molecule has 0 fully saturated rings. The van der Waals surface area contributed by atoms with Crippen molar-refractivity contribution in [1.82, 2.24) is 15.5 Å². The second kappa shape index (κ2) is 6.56. The van der Waals surface area contributed by atoms with Gasteiger partial charge in [0, 0.05) is 18.0 Å². The van der Waals surface area contributed by atoms with E-state index < -0.39 is 11.6 Å². The molecule has 1 heterocycles. The maximum absolute atomic E-state index is 13.1. The number of aromatic nitrogens is 2. The first-order valence-corrected chi connectivity index (χ1v) is 6.61. The molecule has 0 amide bonds. The van der Waals surface area contributed by atoms with Crippen LogP contribution in [0, 0.1) is 11.6 Å². The monoisotopic (exact) mass is 281 g/mol. The number of halogens is 2. The Bertz CT molecular complexity index is 571. The number of hydrogen-bond acceptors (Lipinski definition) is 4. The molecule has 0 saturated carbocycles. The minimum Gasteiger partial charge on any atom is -0.339 e. The Labute approximate surface area is 116 Å². The van der Waals surface area contributed by atoms with E-state index in [1.54, 1.807) is 0 Å². The van der Waals surface area contributed by atoms with Gasteiger partial charge in [0.1, 0.15) is 0 Å². The molecule has 0 aliphatic heterocycles. The Morgan fingerprint density at radius 1 is 1.30 bits per heavy atom. The highest BCUT2D eigenvalue weighted by atomic mass is 19.2. The van der Waals surface area contributed by atoms with Crippen LogP contribution in [0.15, 0.2) is 22.7 Å². The largest absolute Gasteiger partial charge is 0.339 e. The molecule has 1 N–H and O–H groups in total. The summed E-state index contributed by atoms with van der Waals surface area (Å²) in [5.41, 5.74) is 0.396. The lowest BCUT2D eigenvalue weighted by molar-refractivity contribution is 0.362. The average Bonchev–Trinajstić information content (AvgIpc) is 2.88. The standard InChI is InChI=1S/C14H17F2N3O/c1-3-6-17-9(2)7-13-18-14(19-20-13)10-4-5-11(15)12(16)8-10/h4-5,8-9,17H,3,6-7H2,1-2H3. The van der Waals surface area contributed by atoms with Crippen molar-refractivity contribution in [3.8, 4) is 11.4 Å². The number of benzene rings is 1. The third kappa shape index (κ3) is 3.60. The van der Waals surface area contributed by atoms with Crippen molar-refractivity contribution < 1.29 is 13.3 Å². The normalized spacial score (nSPS) is 12.6. The summed E-state index contributed by atoms with van der Waals surface area (Å²) >= 11 is 0. The molecule has 0 saturated heterocycles. The lowest BCUT2D eigenvalue weighted by Gasteiger charge is -2.09. The highest BCUT2D eigenvalue weighted by Crippen LogP contribution is 2.19. The van der Waals surface area contributed by atoms with Gasteiger partial charge >= 0.3 is 0 Å². The van der Waals surface area contributed by atoms with Crippen molar-refractivity contribution in [2.24, 2.45) is 0 Å². The first kappa shape index (κ1) is 14.6. The van der Waals surface area contributed by atoms with Crippen LogP contribution in [0.2, 0.25) is 0 Å². The molecule has 0 aliphatic rings. The van der Waals surface area contributed by atoms with Gasteiger partial charge in [-0.3, -0.25) is 0 Å². The third-order valence-electron chi connectivity index (χ3n) is 2.87. The Morgan fingerprint density at radius 2 is 2.10 bits per heavy atom. The summed E-state index contributed by atoms with van der Waals surface area (Å²) in [5, 5.41) is 7.10. The van der Waals surface area contributed by atoms with Crippen molar-refractivity contribution in [3.05, 3.63) is 35.7 Å². The summed E-state index contributed by atoms with van der Waals surface area (Å²) in [5.74, 6) is -1.08. The molecule has 1 aromatic carbocycles. The Morgan fingerprint density at radius 3 is 2.80 bits per heavy atom. The molecule has 0 bridgehead atoms. The first-order chi connectivity index (χ1) is 9.60. The molecule has 108 valence electrons. The van der Waals surface area contributed by atoms with Gasteiger partial charge in [-0.2, -0.15) is 4.98 Å². The smallest absolute Gasteiger partial charge is 0.228 e. The van der Waals surface area contributed by atoms with Gasteiger partial charge in [0.15, 0.2) is 11.6 Å². The van der Waals surface area contributed by atoms with Gasteiger partial charge in [0.05, 0.1) is 0 Å². The molecule has 2 rings (SSSR count). The summed E-state index contributed by atoms with van der Waals surface area (Å²) in [6.45, 7) is 5.04. The zero-order valence-corrected chi connectivity index (χ0v) is 11.5. The van der Waals surface area contributed by atoms with Gasteiger partial charge in [-0.25, -0.2) is 8.78 Å². The molecule has 1 aromatic heterocycles. The fourth-order valence-corrected chi connectivity index (χ4v) is 1.82. The molecule has 6 heteroatoms. The van der Waals surface area contributed by atoms with Crippen LogP contribution in [0.25, 0.3) is 11.4 Å². The van der Waals surface area contributed by atoms with Crippen molar-refractivity contribution in [3.63, 3.8) is 0 Å². The van der Waals surface area contributed by atoms with Gasteiger partial charge in [0.25, 0.3) is 0 Å². The zero-order valence-electron chi connectivity index (χ0n) is 11.5. The van der Waals surface area contributed by atoms with E-state index in [4.69, 9.17) is 4.52 Å². The van der Waals surface area contributed by atoms with Crippen molar-refractivity contribution >= 4 is 0 Å². The second-order valence-corrected chi connectivity index (χ2v) is 4.70. The van der Waals surface area contributed by atoms with Crippen LogP contribution in [-0.2, 0) is 6.42 Å². The van der Waals surface area contributed by atoms with Crippen molar-refractivity contribution in [2.75, 3.05) is 6.54 Å². The van der Waals surface area contributed by atoms with E-state index in [1.807, 2.05) is 6.92 Å². The first-order valence-electron chi connectivity index (χ1n) is 6.61. The lowest BCUT2D eigenvalue weighted by atomic mass is 10.2. The van der Waals surface area contributed by atoms with Crippen LogP contribution < -0.4 is 5.32 Å². The predicted octanol–water partition coefficient (Wildman–Crippen LogP) is 2.95. The van der Waals surface area contributed by atoms with Crippen LogP contribution in [0.5, 0.6) is 0 Å². The van der Waals surface area contributed by atoms with Crippen LogP contribution in [0.3, 0.4) is 0 Å². The van der Waals surface area contributed by atoms with Crippen LogP contribution >= 0.6 is 0 Å². The maximum atomic E-state index is 13.1. The van der Waals surface area contributed by atoms with Gasteiger partial charge < -0.3 is 9.84 Å². The third-order valence-corrected chi connectivity index (χ3v) is 2.87. The number of nitrogens with zero attached hydrogens (tertiary/aromatic N) is 2. The summed E-state index contributed by atoms with van der Waals surface area (Å²) in [7, 11) is 0. The van der Waals surface area contributed by atoms with E-state index in [0.717, 1.165) is 25.1 Å². The van der Waals surface area contributed by atoms with Crippen molar-refractivity contribution in [1.29, 1.82) is 0 Å². The van der Waals surface area contributed by atoms with Crippen molar-refractivity contribution in [2.45, 2.75) is 32.7 Å². The number of rotatable bonds is 6. The van der Waals surface area contributed by atoms with Crippen LogP contribution in [-0.4, -0.2) is 22.7 Å². The quantitative estimate of drug-likeness (QED) is 0.884. The van der Waals surface area contributed by atoms with E-state index in [1.165, 1.54) is 6.07 Å². The maximum Gasteiger partial charge on any atom is 0.228 e. The fraction of sp³-hybridized carbons (Fsp3) is 0.429. The molecular weight excluding hydrogens is 264 g/mol. The van der Waals surface area contributed by atoms with E-state index in [9.17, 15) is 8.78 Å². The molecule has 2 aromatic rings. The second-order valence-electron chi connectivity index (χ2n) is 4.70. The highest BCUT2D eigenvalue weighted by Gasteiger charge is 2.13. The lowest BCUT2D eigenvalue weighted by Crippen LogP contribution is -2.28. The van der Waals surface area contributed by atoms with Crippen LogP contribution in [0.4, 0.5) is 8.78 Å². The van der Waals surface area contributed by atoms with E-state index in [0.29, 0.717) is 17.9 Å². The van der Waals surface area contributed by atoms with Gasteiger partial charge in [0.2, 0.25) is 11.7 Å². The minimum atomic E-state index is -0.924. The fourth-order valence-electron chi connectivity index (χ4n) is 1.82. The summed E-state index contributed by atoms with van der Waals surface area (Å²) in [6.07, 6.45) is 1.64. The van der Waals surface area contributed by atoms with Gasteiger partial charge in [-0.05, 0) is 38.1 Å². The number of nitrogens with one attached hydrogen (secondary N) is 1. The molecule has 0 spiro atoms. The van der Waals surface area contributed by atoms with Gasteiger partial charge in [-0.1, -0.05) is 12.1 Å². The summed E-state index contributed by atoms with van der Waals surface area (Å²) < 4.78 is 31.1. The SMILES string of the molecule is CCCNC(C)Cc1nc(-c2ccc(F)c(F)c2)no1.